The summed E-state index contributed by atoms with van der Waals surface area (Å²) in [5, 5.41) is 12.3. The molecule has 0 saturated heterocycles. The van der Waals surface area contributed by atoms with E-state index in [1.54, 1.807) is 6.92 Å². The fourth-order valence-electron chi connectivity index (χ4n) is 3.63. The number of halogens is 3. The number of benzene rings is 2. The van der Waals surface area contributed by atoms with Crippen molar-refractivity contribution in [3.8, 4) is 0 Å². The van der Waals surface area contributed by atoms with Gasteiger partial charge in [0.15, 0.2) is 5.60 Å². The van der Waals surface area contributed by atoms with Crippen LogP contribution in [0.1, 0.15) is 36.6 Å². The topological polar surface area (TPSA) is 125 Å². The van der Waals surface area contributed by atoms with Crippen molar-refractivity contribution in [2.45, 2.75) is 43.1 Å². The lowest BCUT2D eigenvalue weighted by molar-refractivity contribution is -0.258. The molecule has 1 aliphatic rings. The van der Waals surface area contributed by atoms with Crippen LogP contribution in [0, 0.1) is 0 Å². The van der Waals surface area contributed by atoms with E-state index in [9.17, 15) is 36.3 Å². The lowest BCUT2D eigenvalue weighted by atomic mass is 9.95. The van der Waals surface area contributed by atoms with Crippen molar-refractivity contribution in [2.24, 2.45) is 0 Å². The third-order valence-corrected chi connectivity index (χ3v) is 7.07. The minimum Gasteiger partial charge on any atom is -0.450 e. The average Bonchev–Trinajstić information content (AvgIpc) is 3.18. The maximum Gasteiger partial charge on any atom is 0.421 e. The van der Waals surface area contributed by atoms with Crippen molar-refractivity contribution in [2.75, 3.05) is 19.0 Å². The van der Waals surface area contributed by atoms with Gasteiger partial charge in [-0.25, -0.2) is 17.9 Å². The van der Waals surface area contributed by atoms with Crippen LogP contribution in [0.2, 0.25) is 0 Å². The molecule has 2 unspecified atom stereocenters. The first-order valence-corrected chi connectivity index (χ1v) is 11.9. The van der Waals surface area contributed by atoms with E-state index in [4.69, 9.17) is 4.74 Å². The molecule has 1 aliphatic heterocycles. The number of fused-ring (bicyclic) bond motifs is 1. The lowest BCUT2D eigenvalue weighted by Crippen LogP contribution is -2.39. The number of hydrogen-bond donors (Lipinski definition) is 3. The maximum atomic E-state index is 13.2. The highest BCUT2D eigenvalue weighted by Gasteiger charge is 2.51. The maximum absolute atomic E-state index is 13.2. The molecule has 2 amide bonds. The normalized spacial score (nSPS) is 17.5. The molecule has 0 spiro atoms. The minimum atomic E-state index is -4.90. The Hall–Kier alpha value is -3.16. The Morgan fingerprint density at radius 2 is 1.80 bits per heavy atom. The number of carbonyl (C=O) groups is 2. The quantitative estimate of drug-likeness (QED) is 0.543. The van der Waals surface area contributed by atoms with E-state index in [1.807, 2.05) is 0 Å². The Bertz CT molecular complexity index is 1230. The molecule has 0 radical (unpaired) electrons. The van der Waals surface area contributed by atoms with Crippen molar-refractivity contribution in [1.82, 2.24) is 9.62 Å². The zero-order valence-corrected chi connectivity index (χ0v) is 19.8. The molecule has 0 aliphatic carbocycles. The van der Waals surface area contributed by atoms with Gasteiger partial charge in [-0.2, -0.15) is 13.2 Å². The largest absolute Gasteiger partial charge is 0.450 e. The summed E-state index contributed by atoms with van der Waals surface area (Å²) in [6.45, 7) is 2.16. The molecular formula is C22H24F3N3O6S. The summed E-state index contributed by atoms with van der Waals surface area (Å²) in [4.78, 5) is 26.8. The van der Waals surface area contributed by atoms with Crippen LogP contribution in [0.5, 0.6) is 0 Å². The van der Waals surface area contributed by atoms with Crippen molar-refractivity contribution in [1.29, 1.82) is 0 Å². The van der Waals surface area contributed by atoms with Crippen LogP contribution in [-0.2, 0) is 31.7 Å². The molecule has 2 atom stereocenters. The molecule has 0 fully saturated rings. The molecule has 9 nitrogen and oxygen atoms in total. The van der Waals surface area contributed by atoms with Crippen molar-refractivity contribution < 1.29 is 41.0 Å². The average molecular weight is 516 g/mol. The first-order chi connectivity index (χ1) is 16.2. The molecule has 2 aromatic rings. The number of sulfonamides is 1. The highest BCUT2D eigenvalue weighted by atomic mass is 32.2. The van der Waals surface area contributed by atoms with Crippen LogP contribution in [0.15, 0.2) is 47.4 Å². The Morgan fingerprint density at radius 1 is 1.17 bits per heavy atom. The van der Waals surface area contributed by atoms with E-state index >= 15 is 0 Å². The monoisotopic (exact) mass is 515 g/mol. The number of ether oxygens (including phenoxy) is 1. The Balaban J connectivity index is 1.91. The number of rotatable bonds is 6. The summed E-state index contributed by atoms with van der Waals surface area (Å²) in [6.07, 6.45) is -5.69. The molecule has 0 saturated carbocycles. The standard InChI is InChI=1S/C22H24F3N3O6S/c1-4-34-20(30)28-12-13-11-16(35(32,33)26-3)9-10-17(13)18(28)19(29)27-15-7-5-14(6-8-15)21(2,31)22(23,24)25/h5-11,18,26,31H,4,12H2,1-3H3,(H,27,29). The number of carbonyl (C=O) groups excluding carboxylic acids is 2. The number of anilines is 1. The fraction of sp³-hybridized carbons (Fsp3) is 0.364. The van der Waals surface area contributed by atoms with Gasteiger partial charge in [0.05, 0.1) is 18.0 Å². The van der Waals surface area contributed by atoms with Crippen LogP contribution < -0.4 is 10.0 Å². The van der Waals surface area contributed by atoms with Gasteiger partial charge in [-0.05, 0) is 61.9 Å². The molecule has 2 aromatic carbocycles. The van der Waals surface area contributed by atoms with E-state index in [-0.39, 0.29) is 23.7 Å². The fourth-order valence-corrected chi connectivity index (χ4v) is 4.41. The van der Waals surface area contributed by atoms with Crippen molar-refractivity contribution in [3.63, 3.8) is 0 Å². The van der Waals surface area contributed by atoms with Gasteiger partial charge in [-0.3, -0.25) is 9.69 Å². The first kappa shape index (κ1) is 26.4. The highest BCUT2D eigenvalue weighted by Crippen LogP contribution is 2.39. The number of nitrogens with zero attached hydrogens (tertiary/aromatic N) is 1. The zero-order chi connectivity index (χ0) is 26.2. The minimum absolute atomic E-state index is 0.0417. The zero-order valence-electron chi connectivity index (χ0n) is 19.0. The van der Waals surface area contributed by atoms with Crippen LogP contribution >= 0.6 is 0 Å². The number of nitrogens with one attached hydrogen (secondary N) is 2. The smallest absolute Gasteiger partial charge is 0.421 e. The SMILES string of the molecule is CCOC(=O)N1Cc2cc(S(=O)(=O)NC)ccc2C1C(=O)Nc1ccc(C(C)(O)C(F)(F)F)cc1. The second-order valence-corrected chi connectivity index (χ2v) is 9.82. The number of hydrogen-bond acceptors (Lipinski definition) is 6. The van der Waals surface area contributed by atoms with E-state index in [0.29, 0.717) is 18.1 Å². The predicted octanol–water partition coefficient (Wildman–Crippen LogP) is 3.02. The second kappa shape index (κ2) is 9.47. The molecule has 35 heavy (non-hydrogen) atoms. The second-order valence-electron chi connectivity index (χ2n) is 7.93. The Morgan fingerprint density at radius 3 is 2.34 bits per heavy atom. The van der Waals surface area contributed by atoms with E-state index < -0.39 is 45.4 Å². The molecule has 0 bridgehead atoms. The van der Waals surface area contributed by atoms with E-state index in [0.717, 1.165) is 17.0 Å². The number of alkyl halides is 3. The van der Waals surface area contributed by atoms with Crippen LogP contribution in [0.4, 0.5) is 23.7 Å². The number of aliphatic hydroxyl groups is 1. The van der Waals surface area contributed by atoms with Gasteiger partial charge in [0, 0.05) is 5.69 Å². The summed E-state index contributed by atoms with van der Waals surface area (Å²) in [5.74, 6) is -0.684. The molecular weight excluding hydrogens is 491 g/mol. The van der Waals surface area contributed by atoms with Crippen LogP contribution in [0.25, 0.3) is 0 Å². The molecule has 13 heteroatoms. The van der Waals surface area contributed by atoms with Gasteiger partial charge in [0.1, 0.15) is 6.04 Å². The summed E-state index contributed by atoms with van der Waals surface area (Å²) < 4.78 is 70.7. The predicted molar refractivity (Wildman–Crippen MR) is 119 cm³/mol. The molecule has 3 N–H and O–H groups in total. The van der Waals surface area contributed by atoms with Crippen LogP contribution in [0.3, 0.4) is 0 Å². The van der Waals surface area contributed by atoms with Crippen molar-refractivity contribution in [3.05, 3.63) is 59.2 Å². The first-order valence-electron chi connectivity index (χ1n) is 10.4. The third-order valence-electron chi connectivity index (χ3n) is 5.66. The molecule has 1 heterocycles. The molecule has 190 valence electrons. The summed E-state index contributed by atoms with van der Waals surface area (Å²) in [6, 6.07) is 7.36. The van der Waals surface area contributed by atoms with Crippen molar-refractivity contribution >= 4 is 27.7 Å². The van der Waals surface area contributed by atoms with Gasteiger partial charge in [0.25, 0.3) is 5.91 Å². The molecule has 0 aromatic heterocycles. The Kier molecular flexibility index (Phi) is 7.16. The Labute approximate surface area is 199 Å². The highest BCUT2D eigenvalue weighted by molar-refractivity contribution is 7.89. The van der Waals surface area contributed by atoms with Gasteiger partial charge in [-0.15, -0.1) is 0 Å². The van der Waals surface area contributed by atoms with E-state index in [1.165, 1.54) is 37.4 Å². The third kappa shape index (κ3) is 5.11. The van der Waals surface area contributed by atoms with Gasteiger partial charge in [-0.1, -0.05) is 18.2 Å². The van der Waals surface area contributed by atoms with Gasteiger partial charge < -0.3 is 15.2 Å². The summed E-state index contributed by atoms with van der Waals surface area (Å²) in [7, 11) is -2.51. The molecule has 3 rings (SSSR count). The number of amides is 2. The van der Waals surface area contributed by atoms with Gasteiger partial charge >= 0.3 is 12.3 Å². The summed E-state index contributed by atoms with van der Waals surface area (Å²) in [5.41, 5.74) is -2.57. The van der Waals surface area contributed by atoms with Gasteiger partial charge in [0.2, 0.25) is 10.0 Å². The van der Waals surface area contributed by atoms with E-state index in [2.05, 4.69) is 10.0 Å². The lowest BCUT2D eigenvalue weighted by Gasteiger charge is -2.27. The summed E-state index contributed by atoms with van der Waals surface area (Å²) >= 11 is 0. The van der Waals surface area contributed by atoms with Crippen LogP contribution in [-0.4, -0.2) is 50.3 Å².